The van der Waals surface area contributed by atoms with Crippen molar-refractivity contribution in [3.63, 3.8) is 0 Å². The average molecular weight is 161 g/mol. The van der Waals surface area contributed by atoms with E-state index in [1.54, 1.807) is 0 Å². The average Bonchev–Trinajstić information content (AvgIpc) is 2.44. The van der Waals surface area contributed by atoms with E-state index in [0.29, 0.717) is 6.54 Å². The topological polar surface area (TPSA) is 35.2 Å². The summed E-state index contributed by atoms with van der Waals surface area (Å²) < 4.78 is 5.66. The van der Waals surface area contributed by atoms with Crippen LogP contribution in [0.3, 0.4) is 0 Å². The van der Waals surface area contributed by atoms with Crippen LogP contribution in [0.2, 0.25) is 6.82 Å². The molecule has 62 valence electrons. The molecule has 0 aliphatic carbocycles. The van der Waals surface area contributed by atoms with Crippen LogP contribution in [0.5, 0.6) is 0 Å². The minimum Gasteiger partial charge on any atom is -0.423 e. The van der Waals surface area contributed by atoms with Gasteiger partial charge in [0.1, 0.15) is 0 Å². The lowest BCUT2D eigenvalue weighted by Crippen LogP contribution is -2.23. The predicted octanol–water partition coefficient (Wildman–Crippen LogP) is 0.545. The summed E-state index contributed by atoms with van der Waals surface area (Å²) in [6.45, 7) is 2.84. The minimum absolute atomic E-state index is 0.108. The molecule has 0 fully saturated rings. The van der Waals surface area contributed by atoms with Crippen molar-refractivity contribution in [1.82, 2.24) is 0 Å². The maximum atomic E-state index is 5.66. The second-order valence-electron chi connectivity index (χ2n) is 3.13. The molecule has 3 heteroatoms. The fraction of sp³-hybridized carbons (Fsp3) is 0.333. The Labute approximate surface area is 72.8 Å². The first kappa shape index (κ1) is 7.83. The molecule has 2 N–H and O–H groups in total. The number of nitrogens with two attached hydrogens (primary N) is 1. The van der Waals surface area contributed by atoms with Crippen LogP contribution in [0.15, 0.2) is 24.3 Å². The van der Waals surface area contributed by atoms with Crippen molar-refractivity contribution in [2.75, 3.05) is 6.54 Å². The van der Waals surface area contributed by atoms with E-state index in [1.807, 2.05) is 12.1 Å². The fourth-order valence-corrected chi connectivity index (χ4v) is 1.75. The van der Waals surface area contributed by atoms with Gasteiger partial charge < -0.3 is 10.4 Å². The van der Waals surface area contributed by atoms with Gasteiger partial charge in [0.05, 0.1) is 6.10 Å². The molecule has 2 nitrogen and oxygen atoms in total. The smallest absolute Gasteiger partial charge is 0.324 e. The molecule has 1 aromatic rings. The Morgan fingerprint density at radius 2 is 2.25 bits per heavy atom. The van der Waals surface area contributed by atoms with E-state index < -0.39 is 0 Å². The third-order valence-corrected chi connectivity index (χ3v) is 2.36. The van der Waals surface area contributed by atoms with Gasteiger partial charge in [0, 0.05) is 6.54 Å². The highest BCUT2D eigenvalue weighted by Crippen LogP contribution is 2.22. The van der Waals surface area contributed by atoms with Gasteiger partial charge in [0.25, 0.3) is 0 Å². The zero-order chi connectivity index (χ0) is 8.55. The highest BCUT2D eigenvalue weighted by molar-refractivity contribution is 6.67. The Morgan fingerprint density at radius 1 is 1.50 bits per heavy atom. The first-order valence-corrected chi connectivity index (χ1v) is 4.27. The summed E-state index contributed by atoms with van der Waals surface area (Å²) in [7, 11) is 0. The lowest BCUT2D eigenvalue weighted by molar-refractivity contribution is 0.235. The Kier molecular flexibility index (Phi) is 1.91. The molecule has 0 bridgehead atoms. The normalized spacial score (nSPS) is 21.2. The van der Waals surface area contributed by atoms with Gasteiger partial charge >= 0.3 is 6.92 Å². The van der Waals surface area contributed by atoms with Crippen LogP contribution in [0, 0.1) is 0 Å². The number of fused-ring (bicyclic) bond motifs is 1. The molecule has 1 aliphatic rings. The fourth-order valence-electron chi connectivity index (χ4n) is 1.75. The molecular formula is C9H12BNO. The number of rotatable bonds is 1. The first-order valence-electron chi connectivity index (χ1n) is 4.27. The largest absolute Gasteiger partial charge is 0.423 e. The minimum atomic E-state index is 0.108. The molecule has 1 atom stereocenters. The lowest BCUT2D eigenvalue weighted by Gasteiger charge is -2.08. The molecule has 0 saturated heterocycles. The van der Waals surface area contributed by atoms with E-state index in [0.717, 1.165) is 0 Å². The SMILES string of the molecule is CB1O[C@@H](CN)c2ccccc21. The van der Waals surface area contributed by atoms with Gasteiger partial charge in [-0.3, -0.25) is 0 Å². The van der Waals surface area contributed by atoms with Crippen molar-refractivity contribution < 1.29 is 4.65 Å². The maximum absolute atomic E-state index is 5.66. The molecule has 0 aromatic heterocycles. The van der Waals surface area contributed by atoms with Crippen molar-refractivity contribution in [3.05, 3.63) is 29.8 Å². The summed E-state index contributed by atoms with van der Waals surface area (Å²) in [5.41, 5.74) is 8.13. The third-order valence-electron chi connectivity index (χ3n) is 2.36. The number of hydrogen-bond acceptors (Lipinski definition) is 2. The first-order chi connectivity index (χ1) is 5.83. The van der Waals surface area contributed by atoms with Gasteiger partial charge in [-0.05, 0) is 11.0 Å². The highest BCUT2D eigenvalue weighted by Gasteiger charge is 2.29. The molecule has 0 amide bonds. The van der Waals surface area contributed by atoms with E-state index in [-0.39, 0.29) is 13.0 Å². The quantitative estimate of drug-likeness (QED) is 0.610. The van der Waals surface area contributed by atoms with E-state index in [1.165, 1.54) is 11.0 Å². The molecule has 0 saturated carbocycles. The summed E-state index contributed by atoms with van der Waals surface area (Å²) in [5, 5.41) is 0. The Morgan fingerprint density at radius 3 is 3.00 bits per heavy atom. The Bertz CT molecular complexity index is 290. The molecule has 12 heavy (non-hydrogen) atoms. The standard InChI is InChI=1S/C9H12BNO/c1-10-8-5-3-2-4-7(8)9(6-11)12-10/h2-5,9H,6,11H2,1H3/t9-/m0/s1. The molecule has 1 heterocycles. The molecule has 1 aromatic carbocycles. The summed E-state index contributed by atoms with van der Waals surface area (Å²) in [6, 6.07) is 8.27. The van der Waals surface area contributed by atoms with Crippen LogP contribution >= 0.6 is 0 Å². The molecule has 0 spiro atoms. The second kappa shape index (κ2) is 2.92. The lowest BCUT2D eigenvalue weighted by atomic mass is 9.64. The van der Waals surface area contributed by atoms with Crippen molar-refractivity contribution in [1.29, 1.82) is 0 Å². The van der Waals surface area contributed by atoms with Crippen molar-refractivity contribution >= 4 is 12.4 Å². The van der Waals surface area contributed by atoms with E-state index in [9.17, 15) is 0 Å². The zero-order valence-electron chi connectivity index (χ0n) is 7.16. The second-order valence-corrected chi connectivity index (χ2v) is 3.13. The number of benzene rings is 1. The molecule has 1 aliphatic heterocycles. The Hall–Kier alpha value is -0.795. The van der Waals surface area contributed by atoms with Gasteiger partial charge in [-0.2, -0.15) is 0 Å². The van der Waals surface area contributed by atoms with E-state index >= 15 is 0 Å². The zero-order valence-corrected chi connectivity index (χ0v) is 7.16. The summed E-state index contributed by atoms with van der Waals surface area (Å²) in [5.74, 6) is 0. The highest BCUT2D eigenvalue weighted by atomic mass is 16.5. The summed E-state index contributed by atoms with van der Waals surface area (Å²) >= 11 is 0. The maximum Gasteiger partial charge on any atom is 0.324 e. The molecule has 0 radical (unpaired) electrons. The summed E-state index contributed by atoms with van der Waals surface area (Å²) in [6.07, 6.45) is 0.108. The third kappa shape index (κ3) is 1.06. The van der Waals surface area contributed by atoms with Crippen LogP contribution in [-0.2, 0) is 4.65 Å². The Balaban J connectivity index is 2.43. The van der Waals surface area contributed by atoms with Crippen LogP contribution in [0.1, 0.15) is 11.7 Å². The van der Waals surface area contributed by atoms with Gasteiger partial charge in [-0.15, -0.1) is 0 Å². The van der Waals surface area contributed by atoms with E-state index in [4.69, 9.17) is 10.4 Å². The molecular weight excluding hydrogens is 149 g/mol. The molecule has 0 unspecified atom stereocenters. The number of hydrogen-bond donors (Lipinski definition) is 1. The molecule has 2 rings (SSSR count). The van der Waals surface area contributed by atoms with Crippen LogP contribution in [0.25, 0.3) is 0 Å². The van der Waals surface area contributed by atoms with Gasteiger partial charge in [-0.1, -0.05) is 31.1 Å². The monoisotopic (exact) mass is 161 g/mol. The predicted molar refractivity (Wildman–Crippen MR) is 50.6 cm³/mol. The van der Waals surface area contributed by atoms with Gasteiger partial charge in [0.2, 0.25) is 0 Å². The van der Waals surface area contributed by atoms with Gasteiger partial charge in [0.15, 0.2) is 0 Å². The van der Waals surface area contributed by atoms with Crippen molar-refractivity contribution in [2.45, 2.75) is 12.9 Å². The van der Waals surface area contributed by atoms with E-state index in [2.05, 4.69) is 19.0 Å². The van der Waals surface area contributed by atoms with Gasteiger partial charge in [-0.25, -0.2) is 0 Å². The van der Waals surface area contributed by atoms with Crippen molar-refractivity contribution in [2.24, 2.45) is 5.73 Å². The van der Waals surface area contributed by atoms with Crippen LogP contribution in [0.4, 0.5) is 0 Å². The summed E-state index contributed by atoms with van der Waals surface area (Å²) in [4.78, 5) is 0. The van der Waals surface area contributed by atoms with Crippen molar-refractivity contribution in [3.8, 4) is 0 Å². The van der Waals surface area contributed by atoms with Crippen LogP contribution in [-0.4, -0.2) is 13.5 Å². The van der Waals surface area contributed by atoms with Crippen LogP contribution < -0.4 is 11.2 Å².